The molecule has 0 spiro atoms. The molecule has 0 amide bonds. The fraction of sp³-hybridized carbons (Fsp3) is 0.500. The van der Waals surface area contributed by atoms with Crippen molar-refractivity contribution in [2.24, 2.45) is 5.92 Å². The Morgan fingerprint density at radius 2 is 1.90 bits per heavy atom. The quantitative estimate of drug-likeness (QED) is 0.755. The van der Waals surface area contributed by atoms with Gasteiger partial charge in [0.05, 0.1) is 37.5 Å². The summed E-state index contributed by atoms with van der Waals surface area (Å²) in [6.45, 7) is 4.28. The van der Waals surface area contributed by atoms with E-state index < -0.39 is 13.5 Å². The van der Waals surface area contributed by atoms with Crippen LogP contribution >= 0.6 is 7.60 Å². The predicted octanol–water partition coefficient (Wildman–Crippen LogP) is 3.14. The smallest absolute Gasteiger partial charge is 0.331 e. The minimum atomic E-state index is -3.24. The fourth-order valence-electron chi connectivity index (χ4n) is 2.22. The number of para-hydroxylation sites is 1. The molecule has 0 fully saturated rings. The molecule has 0 aliphatic carbocycles. The summed E-state index contributed by atoms with van der Waals surface area (Å²) in [5, 5.41) is 0. The van der Waals surface area contributed by atoms with Crippen LogP contribution in [0.15, 0.2) is 24.3 Å². The average molecular weight is 298 g/mol. The van der Waals surface area contributed by atoms with Crippen LogP contribution in [-0.4, -0.2) is 31.8 Å². The Labute approximate surface area is 118 Å². The first-order valence-electron chi connectivity index (χ1n) is 6.73. The lowest BCUT2D eigenvalue weighted by Gasteiger charge is -2.26. The third-order valence-corrected chi connectivity index (χ3v) is 5.25. The third-order valence-electron chi connectivity index (χ3n) is 3.06. The fourth-order valence-corrected chi connectivity index (χ4v) is 4.11. The van der Waals surface area contributed by atoms with Gasteiger partial charge in [-0.15, -0.1) is 0 Å². The topological polar surface area (TPSA) is 61.8 Å². The minimum absolute atomic E-state index is 0.0574. The molecule has 1 aromatic rings. The highest BCUT2D eigenvalue weighted by molar-refractivity contribution is 7.53. The van der Waals surface area contributed by atoms with Gasteiger partial charge in [-0.1, -0.05) is 12.1 Å². The lowest BCUT2D eigenvalue weighted by Crippen LogP contribution is -2.31. The lowest BCUT2D eigenvalue weighted by molar-refractivity contribution is 0.0840. The van der Waals surface area contributed by atoms with Gasteiger partial charge in [0.2, 0.25) is 0 Å². The van der Waals surface area contributed by atoms with E-state index in [1.165, 1.54) is 0 Å². The molecule has 0 saturated carbocycles. The number of carbonyl (C=O) groups is 1. The van der Waals surface area contributed by atoms with Gasteiger partial charge in [-0.05, 0) is 26.0 Å². The first kappa shape index (κ1) is 15.2. The van der Waals surface area contributed by atoms with E-state index in [1.807, 2.05) is 6.07 Å². The van der Waals surface area contributed by atoms with Crippen molar-refractivity contribution in [3.8, 4) is 5.75 Å². The molecule has 6 heteroatoms. The van der Waals surface area contributed by atoms with Crippen LogP contribution in [0.1, 0.15) is 24.2 Å². The van der Waals surface area contributed by atoms with Crippen LogP contribution in [0.25, 0.3) is 0 Å². The highest BCUT2D eigenvalue weighted by Gasteiger charge is 2.36. The Balaban J connectivity index is 2.15. The molecule has 0 unspecified atom stereocenters. The van der Waals surface area contributed by atoms with Crippen LogP contribution in [0.2, 0.25) is 0 Å². The van der Waals surface area contributed by atoms with Gasteiger partial charge in [-0.25, -0.2) is 0 Å². The molecular formula is C14H19O5P. The molecule has 0 N–H and O–H groups in total. The summed E-state index contributed by atoms with van der Waals surface area (Å²) < 4.78 is 28.5. The second-order valence-corrected chi connectivity index (χ2v) is 6.60. The highest BCUT2D eigenvalue weighted by atomic mass is 31.2. The van der Waals surface area contributed by atoms with Crippen molar-refractivity contribution in [2.75, 3.05) is 26.0 Å². The van der Waals surface area contributed by atoms with Crippen molar-refractivity contribution in [2.45, 2.75) is 13.8 Å². The van der Waals surface area contributed by atoms with Gasteiger partial charge in [0.15, 0.2) is 5.78 Å². The standard InChI is InChI=1S/C14H19O5P/c1-3-18-20(16,19-4-2)10-11-9-17-13-8-6-5-7-12(13)14(11)15/h5-8,11H,3-4,9-10H2,1-2H3/t11-/m0/s1. The van der Waals surface area contributed by atoms with Gasteiger partial charge in [0.1, 0.15) is 5.75 Å². The summed E-state index contributed by atoms with van der Waals surface area (Å²) in [4.78, 5) is 12.4. The Kier molecular flexibility index (Phi) is 4.97. The molecule has 1 aromatic carbocycles. The summed E-state index contributed by atoms with van der Waals surface area (Å²) in [5.41, 5.74) is 0.531. The number of Topliss-reactive ketones (excluding diaryl/α,β-unsaturated/α-hetero) is 1. The van der Waals surface area contributed by atoms with Crippen molar-refractivity contribution < 1.29 is 23.1 Å². The van der Waals surface area contributed by atoms with E-state index in [-0.39, 0.29) is 31.8 Å². The lowest BCUT2D eigenvalue weighted by atomic mass is 9.97. The molecular weight excluding hydrogens is 279 g/mol. The molecule has 1 aliphatic rings. The predicted molar refractivity (Wildman–Crippen MR) is 75.5 cm³/mol. The summed E-state index contributed by atoms with van der Waals surface area (Å²) >= 11 is 0. The zero-order valence-electron chi connectivity index (χ0n) is 11.7. The summed E-state index contributed by atoms with van der Waals surface area (Å²) in [7, 11) is -3.24. The molecule has 20 heavy (non-hydrogen) atoms. The number of carbonyl (C=O) groups excluding carboxylic acids is 1. The number of rotatable bonds is 6. The largest absolute Gasteiger partial charge is 0.492 e. The molecule has 2 rings (SSSR count). The van der Waals surface area contributed by atoms with Crippen molar-refractivity contribution in [1.82, 2.24) is 0 Å². The summed E-state index contributed by atoms with van der Waals surface area (Å²) in [6, 6.07) is 7.08. The van der Waals surface area contributed by atoms with Gasteiger partial charge < -0.3 is 13.8 Å². The molecule has 110 valence electrons. The molecule has 1 atom stereocenters. The average Bonchev–Trinajstić information content (AvgIpc) is 2.43. The molecule has 0 saturated heterocycles. The molecule has 0 bridgehead atoms. The van der Waals surface area contributed by atoms with Gasteiger partial charge in [-0.2, -0.15) is 0 Å². The number of hydrogen-bond donors (Lipinski definition) is 0. The maximum Gasteiger partial charge on any atom is 0.331 e. The van der Waals surface area contributed by atoms with E-state index in [2.05, 4.69) is 0 Å². The Morgan fingerprint density at radius 3 is 2.55 bits per heavy atom. The minimum Gasteiger partial charge on any atom is -0.492 e. The van der Waals surface area contributed by atoms with E-state index in [1.54, 1.807) is 32.0 Å². The van der Waals surface area contributed by atoms with Crippen molar-refractivity contribution >= 4 is 13.4 Å². The van der Waals surface area contributed by atoms with Gasteiger partial charge in [0.25, 0.3) is 0 Å². The van der Waals surface area contributed by atoms with E-state index in [0.717, 1.165) is 0 Å². The van der Waals surface area contributed by atoms with Crippen LogP contribution in [0.3, 0.4) is 0 Å². The zero-order valence-corrected chi connectivity index (χ0v) is 12.6. The van der Waals surface area contributed by atoms with E-state index in [0.29, 0.717) is 11.3 Å². The van der Waals surface area contributed by atoms with E-state index in [9.17, 15) is 9.36 Å². The second kappa shape index (κ2) is 6.53. The van der Waals surface area contributed by atoms with E-state index >= 15 is 0 Å². The monoisotopic (exact) mass is 298 g/mol. The van der Waals surface area contributed by atoms with Crippen LogP contribution in [0.5, 0.6) is 5.75 Å². The normalized spacial score (nSPS) is 18.5. The van der Waals surface area contributed by atoms with Crippen molar-refractivity contribution in [1.29, 1.82) is 0 Å². The van der Waals surface area contributed by atoms with Gasteiger partial charge in [0, 0.05) is 0 Å². The first-order chi connectivity index (χ1) is 9.59. The number of ketones is 1. The van der Waals surface area contributed by atoms with Gasteiger partial charge >= 0.3 is 7.60 Å². The summed E-state index contributed by atoms with van der Waals surface area (Å²) in [5.74, 6) is 0.0247. The maximum atomic E-state index is 12.5. The second-order valence-electron chi connectivity index (χ2n) is 4.50. The SMILES string of the molecule is CCOP(=O)(C[C@@H]1COc2ccccc2C1=O)OCC. The molecule has 0 radical (unpaired) electrons. The number of hydrogen-bond acceptors (Lipinski definition) is 5. The number of ether oxygens (including phenoxy) is 1. The Morgan fingerprint density at radius 1 is 1.25 bits per heavy atom. The Bertz CT molecular complexity index is 518. The third kappa shape index (κ3) is 3.29. The number of benzene rings is 1. The molecule has 0 aromatic heterocycles. The van der Waals surface area contributed by atoms with Crippen LogP contribution in [0.4, 0.5) is 0 Å². The molecule has 5 nitrogen and oxygen atoms in total. The maximum absolute atomic E-state index is 12.5. The summed E-state index contributed by atoms with van der Waals surface area (Å²) in [6.07, 6.45) is 0.0574. The first-order valence-corrected chi connectivity index (χ1v) is 8.46. The number of fused-ring (bicyclic) bond motifs is 1. The van der Waals surface area contributed by atoms with Crippen LogP contribution in [0, 0.1) is 5.92 Å². The molecule has 1 aliphatic heterocycles. The zero-order chi connectivity index (χ0) is 14.6. The van der Waals surface area contributed by atoms with Crippen molar-refractivity contribution in [3.05, 3.63) is 29.8 Å². The molecule has 1 heterocycles. The van der Waals surface area contributed by atoms with E-state index in [4.69, 9.17) is 13.8 Å². The van der Waals surface area contributed by atoms with Crippen molar-refractivity contribution in [3.63, 3.8) is 0 Å². The van der Waals surface area contributed by atoms with Gasteiger partial charge in [-0.3, -0.25) is 9.36 Å². The van der Waals surface area contributed by atoms with Crippen LogP contribution < -0.4 is 4.74 Å². The highest BCUT2D eigenvalue weighted by Crippen LogP contribution is 2.50. The Hall–Kier alpha value is -1.16. The van der Waals surface area contributed by atoms with Crippen LogP contribution in [-0.2, 0) is 13.6 Å².